The van der Waals surface area contributed by atoms with Gasteiger partial charge in [-0.05, 0) is 38.8 Å². The average Bonchev–Trinajstić information content (AvgIpc) is 2.75. The minimum atomic E-state index is -0.547. The van der Waals surface area contributed by atoms with Gasteiger partial charge in [-0.3, -0.25) is 4.79 Å². The Kier molecular flexibility index (Phi) is 6.08. The molecular formula is C20H26O6. The fraction of sp³-hybridized carbons (Fsp3) is 0.500. The largest absolute Gasteiger partial charge is 0.508 e. The molecule has 2 N–H and O–H groups in total. The molecule has 142 valence electrons. The number of ether oxygens (including phenoxy) is 2. The Labute approximate surface area is 153 Å². The second kappa shape index (κ2) is 7.91. The van der Waals surface area contributed by atoms with Gasteiger partial charge in [0.2, 0.25) is 0 Å². The molecule has 1 aliphatic heterocycles. The zero-order chi connectivity index (χ0) is 19.6. The number of hydrogen-bond donors (Lipinski definition) is 2. The first-order chi connectivity index (χ1) is 12.2. The number of aliphatic hydroxyl groups is 1. The van der Waals surface area contributed by atoms with E-state index in [1.54, 1.807) is 20.8 Å². The SMILES string of the molecule is CC1=C2OC(=O)c3c(C)cc(O)c(C)c3OC2C(C)CC1=O.CCCO. The van der Waals surface area contributed by atoms with Crippen LogP contribution in [0.25, 0.3) is 0 Å². The van der Waals surface area contributed by atoms with Gasteiger partial charge in [0.1, 0.15) is 17.1 Å². The van der Waals surface area contributed by atoms with E-state index in [9.17, 15) is 14.7 Å². The predicted molar refractivity (Wildman–Crippen MR) is 96.3 cm³/mol. The van der Waals surface area contributed by atoms with Crippen LogP contribution in [0, 0.1) is 19.8 Å². The maximum atomic E-state index is 12.5. The number of allylic oxidation sites excluding steroid dienone is 1. The van der Waals surface area contributed by atoms with Crippen molar-refractivity contribution < 1.29 is 29.3 Å². The molecule has 0 aromatic heterocycles. The molecule has 2 unspecified atom stereocenters. The molecule has 0 saturated heterocycles. The Bertz CT molecular complexity index is 760. The number of phenols is 1. The maximum Gasteiger partial charge on any atom is 0.347 e. The van der Waals surface area contributed by atoms with Crippen LogP contribution in [-0.2, 0) is 9.53 Å². The van der Waals surface area contributed by atoms with Gasteiger partial charge in [-0.15, -0.1) is 0 Å². The van der Waals surface area contributed by atoms with Crippen molar-refractivity contribution in [3.8, 4) is 11.5 Å². The highest BCUT2D eigenvalue weighted by atomic mass is 16.6. The van der Waals surface area contributed by atoms with Crippen molar-refractivity contribution >= 4 is 11.8 Å². The molecule has 0 spiro atoms. The van der Waals surface area contributed by atoms with E-state index in [2.05, 4.69) is 0 Å². The van der Waals surface area contributed by atoms with Crippen molar-refractivity contribution in [3.63, 3.8) is 0 Å². The van der Waals surface area contributed by atoms with Crippen molar-refractivity contribution in [2.24, 2.45) is 5.92 Å². The van der Waals surface area contributed by atoms with E-state index in [-0.39, 0.29) is 17.5 Å². The van der Waals surface area contributed by atoms with Gasteiger partial charge in [0.25, 0.3) is 0 Å². The molecule has 2 aliphatic rings. The molecule has 6 nitrogen and oxygen atoms in total. The third-order valence-electron chi connectivity index (χ3n) is 4.65. The summed E-state index contributed by atoms with van der Waals surface area (Å²) in [5.41, 5.74) is 1.83. The lowest BCUT2D eigenvalue weighted by atomic mass is 9.86. The van der Waals surface area contributed by atoms with Gasteiger partial charge in [-0.2, -0.15) is 0 Å². The standard InChI is InChI=1S/C17H18O5.C3H8O/c1-7-5-11(18)9(3)15-13(7)17(20)22-16-10(4)12(19)6-8(2)14(16)21-15;1-2-3-4/h5,8,14,18H,6H2,1-4H3;4H,2-3H2,1H3. The van der Waals surface area contributed by atoms with Crippen molar-refractivity contribution in [3.05, 3.63) is 34.1 Å². The number of esters is 1. The van der Waals surface area contributed by atoms with Crippen LogP contribution in [0.1, 0.15) is 55.1 Å². The average molecular weight is 362 g/mol. The van der Waals surface area contributed by atoms with E-state index in [4.69, 9.17) is 14.6 Å². The van der Waals surface area contributed by atoms with Crippen molar-refractivity contribution in [2.75, 3.05) is 6.61 Å². The van der Waals surface area contributed by atoms with Crippen molar-refractivity contribution in [1.29, 1.82) is 0 Å². The first-order valence-corrected chi connectivity index (χ1v) is 8.79. The van der Waals surface area contributed by atoms with E-state index in [0.717, 1.165) is 6.42 Å². The molecule has 1 aliphatic carbocycles. The highest BCUT2D eigenvalue weighted by Crippen LogP contribution is 2.41. The predicted octanol–water partition coefficient (Wildman–Crippen LogP) is 3.20. The number of phenolic OH excluding ortho intramolecular Hbond substituents is 1. The number of aromatic hydroxyl groups is 1. The van der Waals surface area contributed by atoms with Gasteiger partial charge in [-0.25, -0.2) is 4.79 Å². The third kappa shape index (κ3) is 3.60. The Morgan fingerprint density at radius 2 is 1.85 bits per heavy atom. The van der Waals surface area contributed by atoms with Crippen LogP contribution < -0.4 is 4.74 Å². The van der Waals surface area contributed by atoms with Gasteiger partial charge in [0.15, 0.2) is 17.6 Å². The van der Waals surface area contributed by atoms with Crippen molar-refractivity contribution in [1.82, 2.24) is 0 Å². The second-order valence-electron chi connectivity index (χ2n) is 6.79. The van der Waals surface area contributed by atoms with Gasteiger partial charge < -0.3 is 19.7 Å². The molecule has 0 saturated carbocycles. The van der Waals surface area contributed by atoms with Crippen molar-refractivity contribution in [2.45, 2.75) is 53.6 Å². The Balaban J connectivity index is 0.000000552. The van der Waals surface area contributed by atoms with E-state index in [1.807, 2.05) is 13.8 Å². The summed E-state index contributed by atoms with van der Waals surface area (Å²) < 4.78 is 11.5. The fourth-order valence-corrected chi connectivity index (χ4v) is 3.01. The Morgan fingerprint density at radius 3 is 2.42 bits per heavy atom. The second-order valence-corrected chi connectivity index (χ2v) is 6.79. The number of rotatable bonds is 1. The van der Waals surface area contributed by atoms with Gasteiger partial charge in [-0.1, -0.05) is 13.8 Å². The summed E-state index contributed by atoms with van der Waals surface area (Å²) in [6.45, 7) is 9.20. The van der Waals surface area contributed by atoms with Crippen LogP contribution in [0.3, 0.4) is 0 Å². The van der Waals surface area contributed by atoms with Crippen LogP contribution in [0.2, 0.25) is 0 Å². The number of benzene rings is 1. The monoisotopic (exact) mass is 362 g/mol. The number of aryl methyl sites for hydroxylation is 1. The van der Waals surface area contributed by atoms with Crippen LogP contribution >= 0.6 is 0 Å². The first kappa shape index (κ1) is 20.0. The summed E-state index contributed by atoms with van der Waals surface area (Å²) in [6.07, 6.45) is 0.729. The lowest BCUT2D eigenvalue weighted by Gasteiger charge is -2.29. The molecule has 1 aromatic rings. The minimum Gasteiger partial charge on any atom is -0.508 e. The molecule has 0 bridgehead atoms. The molecule has 3 rings (SSSR count). The molecule has 26 heavy (non-hydrogen) atoms. The summed E-state index contributed by atoms with van der Waals surface area (Å²) in [5, 5.41) is 17.9. The van der Waals surface area contributed by atoms with Crippen LogP contribution in [0.15, 0.2) is 17.4 Å². The zero-order valence-electron chi connectivity index (χ0n) is 15.9. The number of carbonyl (C=O) groups is 2. The lowest BCUT2D eigenvalue weighted by Crippen LogP contribution is -2.35. The maximum absolute atomic E-state index is 12.5. The molecule has 0 fully saturated rings. The highest BCUT2D eigenvalue weighted by Gasteiger charge is 2.40. The number of ketones is 1. The molecule has 2 atom stereocenters. The van der Waals surface area contributed by atoms with Gasteiger partial charge >= 0.3 is 5.97 Å². The summed E-state index contributed by atoms with van der Waals surface area (Å²) in [4.78, 5) is 24.5. The molecule has 1 heterocycles. The van der Waals surface area contributed by atoms with E-state index in [0.29, 0.717) is 46.8 Å². The zero-order valence-corrected chi connectivity index (χ0v) is 15.9. The van der Waals surface area contributed by atoms with Gasteiger partial charge in [0, 0.05) is 30.1 Å². The smallest absolute Gasteiger partial charge is 0.347 e. The van der Waals surface area contributed by atoms with Crippen LogP contribution in [-0.4, -0.2) is 34.7 Å². The number of fused-ring (bicyclic) bond motifs is 2. The van der Waals surface area contributed by atoms with E-state index >= 15 is 0 Å². The normalized spacial score (nSPS) is 21.6. The first-order valence-electron chi connectivity index (χ1n) is 8.79. The Hall–Kier alpha value is -2.34. The highest BCUT2D eigenvalue weighted by molar-refractivity contribution is 6.00. The third-order valence-corrected chi connectivity index (χ3v) is 4.65. The number of aliphatic hydroxyl groups excluding tert-OH is 1. The number of Topliss-reactive ketones (excluding diaryl/α,β-unsaturated/α-hetero) is 1. The fourth-order valence-electron chi connectivity index (χ4n) is 3.01. The Morgan fingerprint density at radius 1 is 1.23 bits per heavy atom. The molecule has 0 amide bonds. The molecular weight excluding hydrogens is 336 g/mol. The minimum absolute atomic E-state index is 0.0302. The summed E-state index contributed by atoms with van der Waals surface area (Å²) in [5.74, 6) is 0.0335. The summed E-state index contributed by atoms with van der Waals surface area (Å²) >= 11 is 0. The van der Waals surface area contributed by atoms with Gasteiger partial charge in [0.05, 0.1) is 0 Å². The topological polar surface area (TPSA) is 93.1 Å². The molecule has 6 heteroatoms. The summed E-state index contributed by atoms with van der Waals surface area (Å²) in [7, 11) is 0. The quantitative estimate of drug-likeness (QED) is 0.745. The lowest BCUT2D eigenvalue weighted by molar-refractivity contribution is -0.118. The summed E-state index contributed by atoms with van der Waals surface area (Å²) in [6, 6.07) is 1.52. The van der Waals surface area contributed by atoms with Crippen LogP contribution in [0.5, 0.6) is 11.5 Å². The van der Waals surface area contributed by atoms with Crippen LogP contribution in [0.4, 0.5) is 0 Å². The number of hydrogen-bond acceptors (Lipinski definition) is 6. The van der Waals surface area contributed by atoms with E-state index < -0.39 is 12.1 Å². The number of carbonyl (C=O) groups excluding carboxylic acids is 2. The molecule has 1 aromatic carbocycles. The molecule has 0 radical (unpaired) electrons. The van der Waals surface area contributed by atoms with E-state index in [1.165, 1.54) is 6.07 Å².